The largest absolute Gasteiger partial charge is 0.473 e. The van der Waals surface area contributed by atoms with Crippen LogP contribution in [-0.2, 0) is 12.8 Å². The van der Waals surface area contributed by atoms with E-state index in [4.69, 9.17) is 32.5 Å². The van der Waals surface area contributed by atoms with Crippen LogP contribution in [0.25, 0.3) is 11.3 Å². The number of alkyl halides is 3. The molecule has 36 heavy (non-hydrogen) atoms. The van der Waals surface area contributed by atoms with Gasteiger partial charge in [0.1, 0.15) is 18.1 Å². The summed E-state index contributed by atoms with van der Waals surface area (Å²) < 4.78 is 53.2. The van der Waals surface area contributed by atoms with Gasteiger partial charge in [0.05, 0.1) is 21.3 Å². The second kappa shape index (κ2) is 9.82. The molecule has 188 valence electrons. The summed E-state index contributed by atoms with van der Waals surface area (Å²) in [5.74, 6) is 0.657. The normalized spacial score (nSPS) is 15.3. The number of benzene rings is 1. The summed E-state index contributed by atoms with van der Waals surface area (Å²) in [5.41, 5.74) is 1.43. The van der Waals surface area contributed by atoms with Crippen molar-refractivity contribution in [1.82, 2.24) is 10.1 Å². The fourth-order valence-electron chi connectivity index (χ4n) is 4.21. The number of pyridine rings is 1. The van der Waals surface area contributed by atoms with Gasteiger partial charge in [-0.2, -0.15) is 13.2 Å². The molecule has 0 N–H and O–H groups in total. The van der Waals surface area contributed by atoms with E-state index in [1.54, 1.807) is 25.2 Å². The highest BCUT2D eigenvalue weighted by Crippen LogP contribution is 2.46. The molecule has 2 aliphatic carbocycles. The molecular formula is C26H22Cl2F3N3O2. The fourth-order valence-corrected chi connectivity index (χ4v) is 4.78. The van der Waals surface area contributed by atoms with E-state index in [0.29, 0.717) is 39.2 Å². The third kappa shape index (κ3) is 5.11. The summed E-state index contributed by atoms with van der Waals surface area (Å²) in [6, 6.07) is 7.90. The highest BCUT2D eigenvalue weighted by Gasteiger charge is 2.38. The maximum Gasteiger partial charge on any atom is 0.435 e. The fraction of sp³-hybridized carbons (Fsp3) is 0.308. The number of allylic oxidation sites excluding steroid dienone is 2. The number of anilines is 1. The Morgan fingerprint density at radius 2 is 1.89 bits per heavy atom. The Hall–Kier alpha value is -2.97. The van der Waals surface area contributed by atoms with E-state index in [9.17, 15) is 13.2 Å². The minimum atomic E-state index is -4.66. The van der Waals surface area contributed by atoms with Crippen molar-refractivity contribution in [2.75, 3.05) is 18.5 Å². The maximum absolute atomic E-state index is 13.9. The predicted molar refractivity (Wildman–Crippen MR) is 133 cm³/mol. The Morgan fingerprint density at radius 3 is 2.53 bits per heavy atom. The molecule has 1 saturated carbocycles. The summed E-state index contributed by atoms with van der Waals surface area (Å²) in [6.45, 7) is 0.248. The lowest BCUT2D eigenvalue weighted by Crippen LogP contribution is -2.24. The lowest BCUT2D eigenvalue weighted by Gasteiger charge is -2.23. The zero-order valence-electron chi connectivity index (χ0n) is 19.3. The van der Waals surface area contributed by atoms with Crippen molar-refractivity contribution in [3.63, 3.8) is 0 Å². The van der Waals surface area contributed by atoms with Crippen LogP contribution < -0.4 is 9.64 Å². The molecule has 5 nitrogen and oxygen atoms in total. The highest BCUT2D eigenvalue weighted by molar-refractivity contribution is 6.39. The molecule has 1 aromatic carbocycles. The number of hydrogen-bond acceptors (Lipinski definition) is 5. The van der Waals surface area contributed by atoms with E-state index in [-0.39, 0.29) is 24.1 Å². The van der Waals surface area contributed by atoms with Gasteiger partial charge in [0.2, 0.25) is 5.88 Å². The van der Waals surface area contributed by atoms with E-state index in [2.05, 4.69) is 10.1 Å². The molecule has 2 heterocycles. The van der Waals surface area contributed by atoms with Crippen LogP contribution in [0, 0.1) is 0 Å². The molecule has 0 unspecified atom stereocenters. The van der Waals surface area contributed by atoms with Crippen LogP contribution in [-0.4, -0.2) is 23.7 Å². The van der Waals surface area contributed by atoms with Gasteiger partial charge in [0.15, 0.2) is 5.69 Å². The van der Waals surface area contributed by atoms with E-state index >= 15 is 0 Å². The number of aromatic nitrogens is 2. The number of halogens is 5. The van der Waals surface area contributed by atoms with Gasteiger partial charge in [-0.1, -0.05) is 52.7 Å². The Bertz CT molecular complexity index is 1330. The van der Waals surface area contributed by atoms with Gasteiger partial charge >= 0.3 is 6.18 Å². The van der Waals surface area contributed by atoms with Crippen LogP contribution in [0.5, 0.6) is 5.88 Å². The molecular weight excluding hydrogens is 514 g/mol. The van der Waals surface area contributed by atoms with Crippen molar-refractivity contribution in [3.8, 4) is 17.1 Å². The van der Waals surface area contributed by atoms with E-state index in [0.717, 1.165) is 24.8 Å². The van der Waals surface area contributed by atoms with Crippen molar-refractivity contribution in [3.05, 3.63) is 81.2 Å². The molecule has 5 rings (SSSR count). The van der Waals surface area contributed by atoms with Gasteiger partial charge in [-0.3, -0.25) is 0 Å². The number of rotatable bonds is 8. The molecule has 0 spiro atoms. The molecule has 10 heteroatoms. The molecule has 0 saturated heterocycles. The molecule has 0 atom stereocenters. The average molecular weight is 536 g/mol. The molecule has 0 amide bonds. The van der Waals surface area contributed by atoms with Crippen molar-refractivity contribution in [2.24, 2.45) is 0 Å². The minimum Gasteiger partial charge on any atom is -0.473 e. The predicted octanol–water partition coefficient (Wildman–Crippen LogP) is 7.84. The zero-order chi connectivity index (χ0) is 25.4. The van der Waals surface area contributed by atoms with Crippen molar-refractivity contribution >= 4 is 28.9 Å². The van der Waals surface area contributed by atoms with Gasteiger partial charge in [-0.05, 0) is 43.0 Å². The van der Waals surface area contributed by atoms with Gasteiger partial charge in [-0.25, -0.2) is 4.98 Å². The summed E-state index contributed by atoms with van der Waals surface area (Å²) in [7, 11) is 1.61. The van der Waals surface area contributed by atoms with Crippen molar-refractivity contribution in [1.29, 1.82) is 0 Å². The Balaban J connectivity index is 1.44. The van der Waals surface area contributed by atoms with Gasteiger partial charge in [0, 0.05) is 31.1 Å². The first-order valence-electron chi connectivity index (χ1n) is 11.4. The number of likely N-dealkylation sites (N-methyl/N-ethyl adjacent to an activating group) is 1. The lowest BCUT2D eigenvalue weighted by molar-refractivity contribution is -0.140. The smallest absolute Gasteiger partial charge is 0.435 e. The van der Waals surface area contributed by atoms with Crippen LogP contribution >= 0.6 is 23.2 Å². The topological polar surface area (TPSA) is 51.4 Å². The molecule has 0 aliphatic heterocycles. The number of nitrogens with zero attached hydrogens (tertiary/aromatic N) is 3. The SMILES string of the molecule is CN(CC1=CCC=C1)c1ccc(OCc2c(-c3c(Cl)cccc3Cl)noc2C2CC2)nc1C(F)(F)F. The summed E-state index contributed by atoms with van der Waals surface area (Å²) in [5, 5.41) is 4.95. The molecule has 3 aromatic rings. The summed E-state index contributed by atoms with van der Waals surface area (Å²) in [4.78, 5) is 5.37. The third-order valence-corrected chi connectivity index (χ3v) is 6.76. The van der Waals surface area contributed by atoms with Crippen molar-refractivity contribution < 1.29 is 22.4 Å². The Morgan fingerprint density at radius 1 is 1.14 bits per heavy atom. The summed E-state index contributed by atoms with van der Waals surface area (Å²) >= 11 is 12.8. The quantitative estimate of drug-likeness (QED) is 0.294. The van der Waals surface area contributed by atoms with Gasteiger partial charge in [-0.15, -0.1) is 0 Å². The van der Waals surface area contributed by atoms with Crippen LogP contribution in [0.15, 0.2) is 58.7 Å². The van der Waals surface area contributed by atoms with Gasteiger partial charge in [0.25, 0.3) is 0 Å². The number of hydrogen-bond donors (Lipinski definition) is 0. The monoisotopic (exact) mass is 535 g/mol. The van der Waals surface area contributed by atoms with Gasteiger partial charge < -0.3 is 14.2 Å². The average Bonchev–Trinajstić information content (AvgIpc) is 3.38. The van der Waals surface area contributed by atoms with E-state index in [1.165, 1.54) is 17.0 Å². The zero-order valence-corrected chi connectivity index (χ0v) is 20.8. The maximum atomic E-state index is 13.9. The summed E-state index contributed by atoms with van der Waals surface area (Å²) in [6.07, 6.45) is 3.85. The number of ether oxygens (including phenoxy) is 1. The highest BCUT2D eigenvalue weighted by atomic mass is 35.5. The molecule has 0 bridgehead atoms. The van der Waals surface area contributed by atoms with Crippen LogP contribution in [0.1, 0.15) is 42.2 Å². The molecule has 1 fully saturated rings. The van der Waals surface area contributed by atoms with Crippen molar-refractivity contribution in [2.45, 2.75) is 38.0 Å². The standard InChI is InChI=1S/C26H22Cl2F3N3O2/c1-34(13-15-5-2-3-6-15)20-11-12-21(32-25(20)26(29,30)31)35-14-17-23(33-36-24(17)16-9-10-16)22-18(27)7-4-8-19(22)28/h2,4-8,11-12,16H,3,9-10,13-14H2,1H3. The van der Waals surface area contributed by atoms with E-state index in [1.807, 2.05) is 18.2 Å². The van der Waals surface area contributed by atoms with Crippen LogP contribution in [0.2, 0.25) is 10.0 Å². The first-order valence-corrected chi connectivity index (χ1v) is 12.2. The van der Waals surface area contributed by atoms with E-state index < -0.39 is 11.9 Å². The Kier molecular flexibility index (Phi) is 6.74. The first kappa shape index (κ1) is 24.7. The second-order valence-electron chi connectivity index (χ2n) is 8.82. The Labute approximate surface area is 216 Å². The minimum absolute atomic E-state index is 0.0248. The molecule has 2 aromatic heterocycles. The van der Waals surface area contributed by atoms with Crippen LogP contribution in [0.3, 0.4) is 0 Å². The first-order chi connectivity index (χ1) is 17.2. The third-order valence-electron chi connectivity index (χ3n) is 6.13. The molecule has 0 radical (unpaired) electrons. The van der Waals surface area contributed by atoms with Crippen LogP contribution in [0.4, 0.5) is 18.9 Å². The second-order valence-corrected chi connectivity index (χ2v) is 9.64. The lowest BCUT2D eigenvalue weighted by atomic mass is 10.0. The molecule has 2 aliphatic rings.